The molecule has 1 N–H and O–H groups in total. The van der Waals surface area contributed by atoms with E-state index >= 15 is 0 Å². The zero-order valence-electron chi connectivity index (χ0n) is 15.3. The maximum absolute atomic E-state index is 14.1. The predicted octanol–water partition coefficient (Wildman–Crippen LogP) is 3.85. The van der Waals surface area contributed by atoms with E-state index in [1.54, 1.807) is 0 Å². The fraction of sp³-hybridized carbons (Fsp3) is 0.650. The first-order valence-electron chi connectivity index (χ1n) is 9.91. The number of likely N-dealkylation sites (tertiary alicyclic amines) is 1. The number of morpholine rings is 1. The standard InChI is InChI=1S/C20H28FN3O2/c21-16-12-17(14-18(13-16)23-8-10-26-11-9-23)22-20(25)24-7-3-6-19(24)15-4-1-2-5-15/h12-15,19H,1-11H2,(H,22,25). The van der Waals surface area contributed by atoms with Gasteiger partial charge in [-0.25, -0.2) is 9.18 Å². The molecule has 3 fully saturated rings. The Balaban J connectivity index is 1.45. The molecular formula is C20H28FN3O2. The molecule has 1 atom stereocenters. The number of nitrogens with zero attached hydrogens (tertiary/aromatic N) is 2. The van der Waals surface area contributed by atoms with Gasteiger partial charge >= 0.3 is 6.03 Å². The van der Waals surface area contributed by atoms with Crippen molar-refractivity contribution in [3.8, 4) is 0 Å². The maximum Gasteiger partial charge on any atom is 0.322 e. The van der Waals surface area contributed by atoms with Crippen LogP contribution in [0.1, 0.15) is 38.5 Å². The quantitative estimate of drug-likeness (QED) is 0.889. The van der Waals surface area contributed by atoms with Gasteiger partial charge in [0.1, 0.15) is 5.82 Å². The monoisotopic (exact) mass is 361 g/mol. The van der Waals surface area contributed by atoms with Crippen molar-refractivity contribution in [2.75, 3.05) is 43.1 Å². The number of ether oxygens (including phenoxy) is 1. The van der Waals surface area contributed by atoms with E-state index in [0.29, 0.717) is 30.9 Å². The second kappa shape index (κ2) is 7.82. The summed E-state index contributed by atoms with van der Waals surface area (Å²) in [6.45, 7) is 3.59. The number of rotatable bonds is 3. The highest BCUT2D eigenvalue weighted by atomic mass is 19.1. The summed E-state index contributed by atoms with van der Waals surface area (Å²) < 4.78 is 19.5. The van der Waals surface area contributed by atoms with Gasteiger partial charge in [-0.2, -0.15) is 0 Å². The van der Waals surface area contributed by atoms with E-state index in [-0.39, 0.29) is 11.8 Å². The number of halogens is 1. The first-order chi connectivity index (χ1) is 12.7. The van der Waals surface area contributed by atoms with Crippen molar-refractivity contribution < 1.29 is 13.9 Å². The van der Waals surface area contributed by atoms with Crippen LogP contribution in [0.3, 0.4) is 0 Å². The fourth-order valence-electron chi connectivity index (χ4n) is 4.72. The van der Waals surface area contributed by atoms with Crippen LogP contribution < -0.4 is 10.2 Å². The summed E-state index contributed by atoms with van der Waals surface area (Å²) >= 11 is 0. The Morgan fingerprint density at radius 3 is 2.58 bits per heavy atom. The number of nitrogens with one attached hydrogen (secondary N) is 1. The second-order valence-electron chi connectivity index (χ2n) is 7.68. The van der Waals surface area contributed by atoms with Gasteiger partial charge in [0.25, 0.3) is 0 Å². The molecule has 0 aromatic heterocycles. The average molecular weight is 361 g/mol. The van der Waals surface area contributed by atoms with Crippen LogP contribution in [0.4, 0.5) is 20.6 Å². The number of hydrogen-bond donors (Lipinski definition) is 1. The number of urea groups is 1. The lowest BCUT2D eigenvalue weighted by Gasteiger charge is -2.30. The lowest BCUT2D eigenvalue weighted by atomic mass is 9.96. The van der Waals surface area contributed by atoms with Gasteiger partial charge in [-0.1, -0.05) is 12.8 Å². The normalized spacial score (nSPS) is 24.3. The van der Waals surface area contributed by atoms with E-state index in [2.05, 4.69) is 10.2 Å². The predicted molar refractivity (Wildman–Crippen MR) is 100 cm³/mol. The Morgan fingerprint density at radius 2 is 1.81 bits per heavy atom. The average Bonchev–Trinajstić information content (AvgIpc) is 3.33. The van der Waals surface area contributed by atoms with E-state index in [4.69, 9.17) is 4.74 Å². The number of anilines is 2. The van der Waals surface area contributed by atoms with Crippen LogP contribution in [0, 0.1) is 11.7 Å². The Kier molecular flexibility index (Phi) is 5.29. The van der Waals surface area contributed by atoms with Crippen LogP contribution in [-0.2, 0) is 4.74 Å². The number of amides is 2. The largest absolute Gasteiger partial charge is 0.378 e. The van der Waals surface area contributed by atoms with Crippen molar-refractivity contribution in [3.05, 3.63) is 24.0 Å². The molecule has 2 heterocycles. The van der Waals surface area contributed by atoms with Crippen LogP contribution in [0.15, 0.2) is 18.2 Å². The Bertz CT molecular complexity index is 642. The van der Waals surface area contributed by atoms with Gasteiger partial charge in [-0.3, -0.25) is 0 Å². The molecule has 142 valence electrons. The van der Waals surface area contributed by atoms with E-state index in [0.717, 1.165) is 38.2 Å². The molecule has 1 aromatic rings. The van der Waals surface area contributed by atoms with Crippen molar-refractivity contribution >= 4 is 17.4 Å². The molecule has 2 amide bonds. The minimum Gasteiger partial charge on any atom is -0.378 e. The molecule has 2 aliphatic heterocycles. The molecule has 0 bridgehead atoms. The number of hydrogen-bond acceptors (Lipinski definition) is 3. The van der Waals surface area contributed by atoms with Crippen molar-refractivity contribution in [2.24, 2.45) is 5.92 Å². The highest BCUT2D eigenvalue weighted by Crippen LogP contribution is 2.35. The Morgan fingerprint density at radius 1 is 1.04 bits per heavy atom. The summed E-state index contributed by atoms with van der Waals surface area (Å²) in [4.78, 5) is 16.9. The SMILES string of the molecule is O=C(Nc1cc(F)cc(N2CCOCC2)c1)N1CCCC1C1CCCC1. The molecule has 1 saturated carbocycles. The molecule has 2 saturated heterocycles. The minimum atomic E-state index is -0.321. The molecule has 0 radical (unpaired) electrons. The summed E-state index contributed by atoms with van der Waals surface area (Å²) in [5.74, 6) is 0.317. The van der Waals surface area contributed by atoms with E-state index in [1.807, 2.05) is 11.0 Å². The highest BCUT2D eigenvalue weighted by Gasteiger charge is 2.36. The summed E-state index contributed by atoms with van der Waals surface area (Å²) in [5.41, 5.74) is 1.34. The second-order valence-corrected chi connectivity index (χ2v) is 7.68. The third-order valence-corrected chi connectivity index (χ3v) is 6.01. The van der Waals surface area contributed by atoms with Crippen molar-refractivity contribution in [1.29, 1.82) is 0 Å². The zero-order valence-corrected chi connectivity index (χ0v) is 15.3. The lowest BCUT2D eigenvalue weighted by molar-refractivity contribution is 0.122. The van der Waals surface area contributed by atoms with Crippen LogP contribution >= 0.6 is 0 Å². The van der Waals surface area contributed by atoms with Crippen molar-refractivity contribution in [2.45, 2.75) is 44.6 Å². The summed E-state index contributed by atoms with van der Waals surface area (Å²) in [6, 6.07) is 5.07. The van der Waals surface area contributed by atoms with Crippen LogP contribution in [0.2, 0.25) is 0 Å². The van der Waals surface area contributed by atoms with Gasteiger partial charge < -0.3 is 19.9 Å². The minimum absolute atomic E-state index is 0.0853. The summed E-state index contributed by atoms with van der Waals surface area (Å²) in [5, 5.41) is 2.95. The molecular weight excluding hydrogens is 333 g/mol. The summed E-state index contributed by atoms with van der Waals surface area (Å²) in [7, 11) is 0. The smallest absolute Gasteiger partial charge is 0.322 e. The number of benzene rings is 1. The van der Waals surface area contributed by atoms with Gasteiger partial charge in [0.05, 0.1) is 13.2 Å². The van der Waals surface area contributed by atoms with Gasteiger partial charge in [0.15, 0.2) is 0 Å². The molecule has 5 nitrogen and oxygen atoms in total. The van der Waals surface area contributed by atoms with Gasteiger partial charge in [-0.15, -0.1) is 0 Å². The molecule has 4 rings (SSSR count). The molecule has 1 aromatic carbocycles. The third kappa shape index (κ3) is 3.80. The van der Waals surface area contributed by atoms with Crippen LogP contribution in [0.25, 0.3) is 0 Å². The zero-order chi connectivity index (χ0) is 17.9. The van der Waals surface area contributed by atoms with Crippen molar-refractivity contribution in [1.82, 2.24) is 4.90 Å². The summed E-state index contributed by atoms with van der Waals surface area (Å²) in [6.07, 6.45) is 7.19. The molecule has 6 heteroatoms. The first-order valence-corrected chi connectivity index (χ1v) is 9.91. The molecule has 1 unspecified atom stereocenters. The maximum atomic E-state index is 14.1. The molecule has 0 spiro atoms. The van der Waals surface area contributed by atoms with Crippen LogP contribution in [-0.4, -0.2) is 49.8 Å². The van der Waals surface area contributed by atoms with E-state index in [1.165, 1.54) is 37.8 Å². The van der Waals surface area contributed by atoms with Crippen LogP contribution in [0.5, 0.6) is 0 Å². The number of carbonyl (C=O) groups is 1. The van der Waals surface area contributed by atoms with Gasteiger partial charge in [0, 0.05) is 37.1 Å². The number of carbonyl (C=O) groups excluding carboxylic acids is 1. The third-order valence-electron chi connectivity index (χ3n) is 6.01. The molecule has 3 aliphatic rings. The fourth-order valence-corrected chi connectivity index (χ4v) is 4.72. The van der Waals surface area contributed by atoms with Gasteiger partial charge in [-0.05, 0) is 49.8 Å². The van der Waals surface area contributed by atoms with E-state index in [9.17, 15) is 9.18 Å². The van der Waals surface area contributed by atoms with E-state index < -0.39 is 0 Å². The first kappa shape index (κ1) is 17.6. The topological polar surface area (TPSA) is 44.8 Å². The Hall–Kier alpha value is -1.82. The van der Waals surface area contributed by atoms with Crippen molar-refractivity contribution in [3.63, 3.8) is 0 Å². The molecule has 1 aliphatic carbocycles. The highest BCUT2D eigenvalue weighted by molar-refractivity contribution is 5.90. The lowest BCUT2D eigenvalue weighted by Crippen LogP contribution is -2.42. The van der Waals surface area contributed by atoms with Gasteiger partial charge in [0.2, 0.25) is 0 Å². The molecule has 26 heavy (non-hydrogen) atoms. The Labute approximate surface area is 154 Å².